The Morgan fingerprint density at radius 3 is 2.64 bits per heavy atom. The highest BCUT2D eigenvalue weighted by Crippen LogP contribution is 2.43. The molecule has 0 fully saturated rings. The number of hydrogen-bond donors (Lipinski definition) is 1. The standard InChI is InChI=1S/C21H26N2O4S/c1-4-7-12-28-20-15(13-22)17(14-10-8-9-11-16(14)26-5-2)18(19(24)23-20)21(25)27-6-3/h8-11,17-18H,4-7,12H2,1-3H3,(H,23,24). The van der Waals surface area contributed by atoms with E-state index in [0.717, 1.165) is 18.6 Å². The maximum atomic E-state index is 12.9. The number of hydrogen-bond acceptors (Lipinski definition) is 6. The number of ether oxygens (including phenoxy) is 2. The number of nitrogens with zero attached hydrogens (tertiary/aromatic N) is 1. The molecule has 2 atom stereocenters. The molecular weight excluding hydrogens is 376 g/mol. The minimum Gasteiger partial charge on any atom is -0.494 e. The van der Waals surface area contributed by atoms with Gasteiger partial charge in [0.2, 0.25) is 5.91 Å². The molecule has 1 amide bonds. The summed E-state index contributed by atoms with van der Waals surface area (Å²) in [5, 5.41) is 13.2. The summed E-state index contributed by atoms with van der Waals surface area (Å²) in [5.41, 5.74) is 1.01. The van der Waals surface area contributed by atoms with Crippen molar-refractivity contribution in [3.8, 4) is 11.8 Å². The van der Waals surface area contributed by atoms with Gasteiger partial charge in [-0.3, -0.25) is 9.59 Å². The molecule has 0 spiro atoms. The lowest BCUT2D eigenvalue weighted by molar-refractivity contribution is -0.152. The molecule has 1 aliphatic rings. The third-order valence-electron chi connectivity index (χ3n) is 4.37. The zero-order valence-corrected chi connectivity index (χ0v) is 17.3. The molecule has 1 aliphatic heterocycles. The Morgan fingerprint density at radius 1 is 1.25 bits per heavy atom. The van der Waals surface area contributed by atoms with Gasteiger partial charge in [-0.15, -0.1) is 11.8 Å². The topological polar surface area (TPSA) is 88.4 Å². The lowest BCUT2D eigenvalue weighted by atomic mass is 9.78. The van der Waals surface area contributed by atoms with Crippen LogP contribution in [-0.4, -0.2) is 30.8 Å². The van der Waals surface area contributed by atoms with Gasteiger partial charge < -0.3 is 14.8 Å². The summed E-state index contributed by atoms with van der Waals surface area (Å²) >= 11 is 1.44. The monoisotopic (exact) mass is 402 g/mol. The third kappa shape index (κ3) is 4.87. The van der Waals surface area contributed by atoms with Gasteiger partial charge >= 0.3 is 5.97 Å². The van der Waals surface area contributed by atoms with Crippen LogP contribution in [0.1, 0.15) is 45.1 Å². The van der Waals surface area contributed by atoms with Crippen LogP contribution in [0.3, 0.4) is 0 Å². The second kappa shape index (κ2) is 10.8. The zero-order valence-electron chi connectivity index (χ0n) is 16.5. The second-order valence-electron chi connectivity index (χ2n) is 6.22. The number of benzene rings is 1. The number of para-hydroxylation sites is 1. The molecule has 0 bridgehead atoms. The molecule has 0 saturated carbocycles. The van der Waals surface area contributed by atoms with Crippen LogP contribution in [0.15, 0.2) is 34.9 Å². The van der Waals surface area contributed by atoms with Crippen molar-refractivity contribution in [1.29, 1.82) is 5.26 Å². The number of esters is 1. The molecule has 0 aliphatic carbocycles. The molecule has 1 aromatic carbocycles. The first kappa shape index (κ1) is 21.8. The fourth-order valence-electron chi connectivity index (χ4n) is 3.10. The Labute approximate surface area is 170 Å². The minimum absolute atomic E-state index is 0.159. The van der Waals surface area contributed by atoms with Gasteiger partial charge in [-0.1, -0.05) is 31.5 Å². The van der Waals surface area contributed by atoms with Crippen LogP contribution in [0.25, 0.3) is 0 Å². The number of rotatable bonds is 9. The summed E-state index contributed by atoms with van der Waals surface area (Å²) < 4.78 is 10.9. The van der Waals surface area contributed by atoms with Crippen LogP contribution in [0.2, 0.25) is 0 Å². The van der Waals surface area contributed by atoms with Crippen LogP contribution in [0.4, 0.5) is 0 Å². The molecule has 0 aromatic heterocycles. The zero-order chi connectivity index (χ0) is 20.5. The van der Waals surface area contributed by atoms with Crippen LogP contribution in [-0.2, 0) is 14.3 Å². The SMILES string of the molecule is CCCCSC1=C(C#N)C(c2ccccc2OCC)C(C(=O)OCC)C(=O)N1. The average molecular weight is 403 g/mol. The van der Waals surface area contributed by atoms with Crippen LogP contribution in [0, 0.1) is 17.2 Å². The van der Waals surface area contributed by atoms with Crippen LogP contribution in [0.5, 0.6) is 5.75 Å². The van der Waals surface area contributed by atoms with Crippen molar-refractivity contribution < 1.29 is 19.1 Å². The van der Waals surface area contributed by atoms with Crippen molar-refractivity contribution >= 4 is 23.6 Å². The number of unbranched alkanes of at least 4 members (excludes halogenated alkanes) is 1. The molecule has 28 heavy (non-hydrogen) atoms. The van der Waals surface area contributed by atoms with Gasteiger partial charge in [-0.25, -0.2) is 0 Å². The molecule has 7 heteroatoms. The first-order valence-corrected chi connectivity index (χ1v) is 10.5. The predicted molar refractivity (Wildman–Crippen MR) is 109 cm³/mol. The van der Waals surface area contributed by atoms with Crippen molar-refractivity contribution in [2.45, 2.75) is 39.5 Å². The van der Waals surface area contributed by atoms with Crippen LogP contribution < -0.4 is 10.1 Å². The molecule has 150 valence electrons. The summed E-state index contributed by atoms with van der Waals surface area (Å²) in [6.07, 6.45) is 1.97. The Morgan fingerprint density at radius 2 is 2.00 bits per heavy atom. The maximum Gasteiger partial charge on any atom is 0.319 e. The van der Waals surface area contributed by atoms with E-state index in [1.165, 1.54) is 11.8 Å². The van der Waals surface area contributed by atoms with Gasteiger partial charge in [0.05, 0.1) is 29.9 Å². The summed E-state index contributed by atoms with van der Waals surface area (Å²) in [5.74, 6) is -1.63. The number of carbonyl (C=O) groups is 2. The van der Waals surface area contributed by atoms with E-state index < -0.39 is 23.7 Å². The smallest absolute Gasteiger partial charge is 0.319 e. The van der Waals surface area contributed by atoms with Crippen molar-refractivity contribution in [2.75, 3.05) is 19.0 Å². The number of amides is 1. The van der Waals surface area contributed by atoms with E-state index >= 15 is 0 Å². The first-order chi connectivity index (χ1) is 13.6. The van der Waals surface area contributed by atoms with Gasteiger partial charge in [-0.2, -0.15) is 5.26 Å². The van der Waals surface area contributed by atoms with E-state index in [1.54, 1.807) is 19.1 Å². The molecule has 0 radical (unpaired) electrons. The fraction of sp³-hybridized carbons (Fsp3) is 0.476. The lowest BCUT2D eigenvalue weighted by Gasteiger charge is -2.32. The fourth-order valence-corrected chi connectivity index (χ4v) is 4.24. The quantitative estimate of drug-likeness (QED) is 0.384. The molecular formula is C21H26N2O4S. The molecule has 6 nitrogen and oxygen atoms in total. The van der Waals surface area contributed by atoms with E-state index in [4.69, 9.17) is 9.47 Å². The van der Waals surface area contributed by atoms with E-state index in [9.17, 15) is 14.9 Å². The van der Waals surface area contributed by atoms with E-state index in [2.05, 4.69) is 18.3 Å². The van der Waals surface area contributed by atoms with Gasteiger partial charge in [-0.05, 0) is 32.1 Å². The van der Waals surface area contributed by atoms with Crippen molar-refractivity contribution in [1.82, 2.24) is 5.32 Å². The molecule has 1 heterocycles. The first-order valence-electron chi connectivity index (χ1n) is 9.55. The number of thioether (sulfide) groups is 1. The molecule has 2 rings (SSSR count). The molecule has 1 aromatic rings. The Kier molecular flexibility index (Phi) is 8.40. The number of allylic oxidation sites excluding steroid dienone is 1. The van der Waals surface area contributed by atoms with Gasteiger partial charge in [0.1, 0.15) is 11.7 Å². The highest BCUT2D eigenvalue weighted by atomic mass is 32.2. The predicted octanol–water partition coefficient (Wildman–Crippen LogP) is 3.75. The summed E-state index contributed by atoms with van der Waals surface area (Å²) in [6, 6.07) is 9.44. The van der Waals surface area contributed by atoms with Crippen molar-refractivity contribution in [2.24, 2.45) is 5.92 Å². The average Bonchev–Trinajstić information content (AvgIpc) is 2.68. The summed E-state index contributed by atoms with van der Waals surface area (Å²) in [6.45, 7) is 6.22. The third-order valence-corrected chi connectivity index (χ3v) is 5.47. The van der Waals surface area contributed by atoms with E-state index in [1.807, 2.05) is 19.1 Å². The largest absolute Gasteiger partial charge is 0.494 e. The molecule has 2 unspecified atom stereocenters. The van der Waals surface area contributed by atoms with Crippen molar-refractivity contribution in [3.05, 3.63) is 40.4 Å². The highest BCUT2D eigenvalue weighted by molar-refractivity contribution is 8.03. The lowest BCUT2D eigenvalue weighted by Crippen LogP contribution is -2.44. The Hall–Kier alpha value is -2.46. The molecule has 1 N–H and O–H groups in total. The number of carbonyl (C=O) groups excluding carboxylic acids is 2. The van der Waals surface area contributed by atoms with Gasteiger partial charge in [0.15, 0.2) is 0 Å². The Balaban J connectivity index is 2.59. The number of nitrogens with one attached hydrogen (secondary N) is 1. The Bertz CT molecular complexity index is 785. The minimum atomic E-state index is -1.13. The van der Waals surface area contributed by atoms with E-state index in [-0.39, 0.29) is 6.61 Å². The summed E-state index contributed by atoms with van der Waals surface area (Å²) in [7, 11) is 0. The van der Waals surface area contributed by atoms with E-state index in [0.29, 0.717) is 28.5 Å². The normalized spacial score (nSPS) is 19.0. The van der Waals surface area contributed by atoms with Crippen molar-refractivity contribution in [3.63, 3.8) is 0 Å². The molecule has 0 saturated heterocycles. The highest BCUT2D eigenvalue weighted by Gasteiger charge is 2.45. The maximum absolute atomic E-state index is 12.9. The van der Waals surface area contributed by atoms with Gasteiger partial charge in [0, 0.05) is 11.5 Å². The van der Waals surface area contributed by atoms with Crippen LogP contribution >= 0.6 is 11.8 Å². The second-order valence-corrected chi connectivity index (χ2v) is 7.33. The van der Waals surface area contributed by atoms with Gasteiger partial charge in [0.25, 0.3) is 0 Å². The number of nitriles is 1. The summed E-state index contributed by atoms with van der Waals surface area (Å²) in [4.78, 5) is 25.5.